The lowest BCUT2D eigenvalue weighted by molar-refractivity contribution is -0.161. The molecule has 0 fully saturated rings. The Morgan fingerprint density at radius 1 is 0.296 bits per heavy atom. The van der Waals surface area contributed by atoms with Crippen LogP contribution in [0.5, 0.6) is 0 Å². The molecule has 0 aromatic rings. The Bertz CT molecular complexity index is 1910. The van der Waals surface area contributed by atoms with Crippen LogP contribution in [0.3, 0.4) is 0 Å². The van der Waals surface area contributed by atoms with Gasteiger partial charge in [0.15, 0.2) is 12.2 Å². The van der Waals surface area contributed by atoms with Gasteiger partial charge in [0.25, 0.3) is 0 Å². The second-order valence-corrected chi connectivity index (χ2v) is 32.6. The van der Waals surface area contributed by atoms with Crippen LogP contribution in [0, 0.1) is 17.8 Å². The van der Waals surface area contributed by atoms with Crippen LogP contribution in [0.2, 0.25) is 0 Å². The zero-order valence-corrected chi connectivity index (χ0v) is 66.0. The monoisotopic (exact) mass is 1440 g/mol. The van der Waals surface area contributed by atoms with Gasteiger partial charge in [-0.2, -0.15) is 0 Å². The predicted octanol–water partition coefficient (Wildman–Crippen LogP) is 23.4. The van der Waals surface area contributed by atoms with Crippen molar-refractivity contribution in [1.82, 2.24) is 0 Å². The standard InChI is InChI=1S/C79H154O17P2/c1-8-10-11-12-13-14-22-32-39-46-53-60-76(81)89-66-75(96-79(84)63-56-49-42-35-28-27-31-38-45-52-59-72(7)9-2)69-94-98(87,88)92-65-73(80)64-91-97(85,86)93-68-74(67-90-77(82)61-54-47-40-33-26-21-24-30-37-44-51-58-71(5)6)95-78(83)62-55-48-41-34-25-20-18-16-15-17-19-23-29-36-43-50-57-70(3)4/h70-75,80H,8-69H2,1-7H3,(H,85,86)(H,87,88)/t72?,73-,74-,75-/m1/s1. The topological polar surface area (TPSA) is 237 Å². The first-order valence-corrected chi connectivity index (χ1v) is 43.9. The molecule has 0 saturated heterocycles. The van der Waals surface area contributed by atoms with Gasteiger partial charge >= 0.3 is 39.5 Å². The van der Waals surface area contributed by atoms with Crippen molar-refractivity contribution in [3.63, 3.8) is 0 Å². The maximum absolute atomic E-state index is 13.1. The Morgan fingerprint density at radius 2 is 0.520 bits per heavy atom. The summed E-state index contributed by atoms with van der Waals surface area (Å²) in [5, 5.41) is 10.6. The van der Waals surface area contributed by atoms with Crippen molar-refractivity contribution in [2.45, 2.75) is 426 Å². The number of carbonyl (C=O) groups excluding carboxylic acids is 4. The fourth-order valence-corrected chi connectivity index (χ4v) is 13.7. The Labute approximate surface area is 600 Å². The van der Waals surface area contributed by atoms with Crippen molar-refractivity contribution in [2.24, 2.45) is 17.8 Å². The molecule has 0 amide bonds. The number of rotatable bonds is 77. The number of hydrogen-bond acceptors (Lipinski definition) is 15. The first kappa shape index (κ1) is 96.1. The molecular formula is C79H154O17P2. The third-order valence-electron chi connectivity index (χ3n) is 18.7. The van der Waals surface area contributed by atoms with E-state index in [1.54, 1.807) is 0 Å². The molecule has 0 aliphatic heterocycles. The van der Waals surface area contributed by atoms with E-state index in [0.717, 1.165) is 108 Å². The average Bonchev–Trinajstić information content (AvgIpc) is 0.936. The Hall–Kier alpha value is -1.94. The van der Waals surface area contributed by atoms with Crippen molar-refractivity contribution < 1.29 is 80.2 Å². The molecule has 0 bridgehead atoms. The minimum Gasteiger partial charge on any atom is -0.462 e. The molecule has 0 radical (unpaired) electrons. The summed E-state index contributed by atoms with van der Waals surface area (Å²) in [5.74, 6) is 0.271. The van der Waals surface area contributed by atoms with Gasteiger partial charge in [-0.1, -0.05) is 357 Å². The van der Waals surface area contributed by atoms with Gasteiger partial charge in [0.1, 0.15) is 19.3 Å². The average molecular weight is 1440 g/mol. The number of carbonyl (C=O) groups is 4. The van der Waals surface area contributed by atoms with Crippen LogP contribution in [-0.2, 0) is 65.4 Å². The highest BCUT2D eigenvalue weighted by Gasteiger charge is 2.30. The number of aliphatic hydroxyl groups excluding tert-OH is 1. The molecule has 98 heavy (non-hydrogen) atoms. The quantitative estimate of drug-likeness (QED) is 0.0222. The molecule has 0 aromatic heterocycles. The maximum atomic E-state index is 13.1. The van der Waals surface area contributed by atoms with Crippen LogP contribution in [0.1, 0.15) is 408 Å². The molecule has 0 heterocycles. The number of aliphatic hydroxyl groups is 1. The summed E-state index contributed by atoms with van der Waals surface area (Å²) < 4.78 is 68.7. The minimum atomic E-state index is -4.96. The second kappa shape index (κ2) is 69.4. The second-order valence-electron chi connectivity index (χ2n) is 29.6. The van der Waals surface area contributed by atoms with E-state index in [-0.39, 0.29) is 25.7 Å². The van der Waals surface area contributed by atoms with E-state index in [1.165, 1.54) is 218 Å². The van der Waals surface area contributed by atoms with Crippen LogP contribution in [0.4, 0.5) is 0 Å². The molecule has 0 saturated carbocycles. The van der Waals surface area contributed by atoms with Crippen LogP contribution < -0.4 is 0 Å². The van der Waals surface area contributed by atoms with Gasteiger partial charge in [-0.15, -0.1) is 0 Å². The normalized spacial score (nSPS) is 14.3. The van der Waals surface area contributed by atoms with E-state index < -0.39 is 97.5 Å². The van der Waals surface area contributed by atoms with Gasteiger partial charge < -0.3 is 33.8 Å². The van der Waals surface area contributed by atoms with E-state index in [9.17, 15) is 43.2 Å². The number of phosphoric acid groups is 2. The maximum Gasteiger partial charge on any atom is 0.472 e. The summed E-state index contributed by atoms with van der Waals surface area (Å²) in [6.45, 7) is 12.0. The van der Waals surface area contributed by atoms with Gasteiger partial charge in [0.05, 0.1) is 26.4 Å². The molecule has 17 nitrogen and oxygen atoms in total. The van der Waals surface area contributed by atoms with E-state index in [4.69, 9.17) is 37.0 Å². The summed E-state index contributed by atoms with van der Waals surface area (Å²) in [7, 11) is -9.92. The molecule has 3 unspecified atom stereocenters. The van der Waals surface area contributed by atoms with Gasteiger partial charge in [-0.25, -0.2) is 9.13 Å². The highest BCUT2D eigenvalue weighted by atomic mass is 31.2. The SMILES string of the molecule is CCCCCCCCCCCCCC(=O)OC[C@H](COP(=O)(O)OC[C@H](O)COP(=O)(O)OC[C@@H](COC(=O)CCCCCCCCCCCCCC(C)C)OC(=O)CCCCCCCCCCCCCCCCCCC(C)C)OC(=O)CCCCCCCCCCCCC(C)CC. The molecule has 0 rings (SSSR count). The lowest BCUT2D eigenvalue weighted by atomic mass is 9.99. The number of phosphoric ester groups is 2. The first-order valence-electron chi connectivity index (χ1n) is 40.9. The molecule has 6 atom stereocenters. The van der Waals surface area contributed by atoms with Crippen molar-refractivity contribution in [1.29, 1.82) is 0 Å². The van der Waals surface area contributed by atoms with Gasteiger partial charge in [-0.05, 0) is 43.4 Å². The van der Waals surface area contributed by atoms with E-state index >= 15 is 0 Å². The number of hydrogen-bond donors (Lipinski definition) is 3. The van der Waals surface area contributed by atoms with Crippen LogP contribution in [0.25, 0.3) is 0 Å². The smallest absolute Gasteiger partial charge is 0.462 e. The molecular weight excluding hydrogens is 1280 g/mol. The molecule has 582 valence electrons. The fraction of sp³-hybridized carbons (Fsp3) is 0.949. The zero-order valence-electron chi connectivity index (χ0n) is 64.3. The minimum absolute atomic E-state index is 0.106. The largest absolute Gasteiger partial charge is 0.472 e. The van der Waals surface area contributed by atoms with Crippen molar-refractivity contribution >= 4 is 39.5 Å². The third kappa shape index (κ3) is 71.1. The number of ether oxygens (including phenoxy) is 4. The lowest BCUT2D eigenvalue weighted by Crippen LogP contribution is -2.30. The summed E-state index contributed by atoms with van der Waals surface area (Å²) in [5.41, 5.74) is 0. The van der Waals surface area contributed by atoms with E-state index in [1.807, 2.05) is 0 Å². The van der Waals surface area contributed by atoms with Crippen LogP contribution in [0.15, 0.2) is 0 Å². The van der Waals surface area contributed by atoms with E-state index in [0.29, 0.717) is 25.7 Å². The molecule has 0 aliphatic rings. The number of esters is 4. The van der Waals surface area contributed by atoms with E-state index in [2.05, 4.69) is 48.5 Å². The molecule has 19 heteroatoms. The van der Waals surface area contributed by atoms with Gasteiger partial charge in [0.2, 0.25) is 0 Å². The third-order valence-corrected chi connectivity index (χ3v) is 20.6. The Balaban J connectivity index is 5.25. The lowest BCUT2D eigenvalue weighted by Gasteiger charge is -2.21. The number of unbranched alkanes of at least 4 members (excludes halogenated alkanes) is 44. The van der Waals surface area contributed by atoms with Gasteiger partial charge in [0, 0.05) is 25.7 Å². The molecule has 0 aliphatic carbocycles. The highest BCUT2D eigenvalue weighted by molar-refractivity contribution is 7.47. The highest BCUT2D eigenvalue weighted by Crippen LogP contribution is 2.45. The zero-order chi connectivity index (χ0) is 72.3. The fourth-order valence-electron chi connectivity index (χ4n) is 12.1. The van der Waals surface area contributed by atoms with Crippen LogP contribution in [-0.4, -0.2) is 96.7 Å². The Kier molecular flexibility index (Phi) is 68.1. The molecule has 0 aromatic carbocycles. The first-order chi connectivity index (χ1) is 47.3. The van der Waals surface area contributed by atoms with Crippen molar-refractivity contribution in [3.8, 4) is 0 Å². The molecule has 0 spiro atoms. The van der Waals surface area contributed by atoms with Crippen LogP contribution >= 0.6 is 15.6 Å². The molecule has 3 N–H and O–H groups in total. The Morgan fingerprint density at radius 3 is 0.776 bits per heavy atom. The van der Waals surface area contributed by atoms with Crippen molar-refractivity contribution in [2.75, 3.05) is 39.6 Å². The predicted molar refractivity (Wildman–Crippen MR) is 400 cm³/mol. The summed E-state index contributed by atoms with van der Waals surface area (Å²) >= 11 is 0. The van der Waals surface area contributed by atoms with Crippen molar-refractivity contribution in [3.05, 3.63) is 0 Å². The van der Waals surface area contributed by atoms with Gasteiger partial charge in [-0.3, -0.25) is 37.3 Å². The summed E-state index contributed by atoms with van der Waals surface area (Å²) in [4.78, 5) is 73.0. The summed E-state index contributed by atoms with van der Waals surface area (Å²) in [6.07, 6.45) is 56.7. The summed E-state index contributed by atoms with van der Waals surface area (Å²) in [6, 6.07) is 0.